The Morgan fingerprint density at radius 1 is 0.445 bits per heavy atom. The molecule has 9 aromatic heterocycles. The lowest BCUT2D eigenvalue weighted by molar-refractivity contribution is -0.388. The van der Waals surface area contributed by atoms with Crippen LogP contribution in [0.3, 0.4) is 0 Å². The van der Waals surface area contributed by atoms with Crippen LogP contribution in [0.2, 0.25) is 36.7 Å². The van der Waals surface area contributed by atoms with E-state index in [1.54, 1.807) is 101 Å². The topological polar surface area (TPSA) is 584 Å². The molecule has 9 heterocycles. The lowest BCUT2D eigenvalue weighted by Gasteiger charge is -2.09. The van der Waals surface area contributed by atoms with E-state index in [9.17, 15) is 75.8 Å². The molecule has 0 unspecified atom stereocenters. The van der Waals surface area contributed by atoms with Crippen molar-refractivity contribution in [3.05, 3.63) is 150 Å². The molecule has 0 radical (unpaired) electrons. The number of thioether (sulfide) groups is 1. The van der Waals surface area contributed by atoms with Gasteiger partial charge in [-0.25, -0.2) is 40.2 Å². The number of nitro groups is 5. The zero-order chi connectivity index (χ0) is 99.3. The standard InChI is InChI=1S/C13H15Cl2N5O2S.C9H13N3O4S.C9H13N3O2S.C9H15N3O2S.C6H6ClN3O2.C6H7N3O2.C4HCl3N2.C3H7BO2.C3H3N3O2.C3H8S.5CH4S.7CH4/c1-7(2)23(21,22)12-10(6-20(19-12)8-3-4-8)17-11-9(14)5-16-13(15)18-11;1-6(2)17(15,16)9-8(12(13)14)5-11(10-9)7-3-4-7;1-6(2)15-9-8(12(13)14)5-11(10-9)7-3-4-7;1-6(2)15(13,14)9-8(10)5-12(11-9)7-3-4-7;7-6-5(10(11)12)3-9(8-6)4-1-2-4;10-9(11)6-3-7-8(4-6)5-1-2-5;5-2-1-8-4(7)9-3(2)6;5-4(6)3-1-2-3;7-6(8)3-1-4-5-2-3;1-3(2)4;5*1-2;;;;;;;/h5-8H,3-4H2,1-2H3,(H,16,17,18);5-7H,3-4H2,1-2H3;5-7H,3-4H2,1-2H3;5-7H,3-4,10H2,1-2H3;3-4H,1-2H2;3-5H,1-2H2;1H;3,5-6H,1-2H2;1-2H,(H,4,5);3-4H,1-2H3;5*2H,1H3;7*1H4. The van der Waals surface area contributed by atoms with Gasteiger partial charge in [0.1, 0.15) is 42.2 Å². The predicted molar refractivity (Wildman–Crippen MR) is 574 cm³/mol. The maximum absolute atomic E-state index is 12.5. The predicted octanol–water partition coefficient (Wildman–Crippen LogP) is 21.9. The third-order valence-electron chi connectivity index (χ3n) is 16.8. The molecule has 7 aliphatic carbocycles. The van der Waals surface area contributed by atoms with E-state index in [0.717, 1.165) is 96.1 Å². The number of thiol groups is 6. The lowest BCUT2D eigenvalue weighted by atomic mass is 9.84. The summed E-state index contributed by atoms with van der Waals surface area (Å²) in [4.78, 5) is 64.4. The summed E-state index contributed by atoms with van der Waals surface area (Å²) in [6.07, 6.45) is 38.1. The fraction of sp³-hybridized carbons (Fsp3) is 0.623. The molecular formula is C77H136BCl6N25O18S10. The number of rotatable bonds is 22. The second-order valence-corrected chi connectivity index (χ2v) is 41.0. The third-order valence-corrected chi connectivity index (χ3v) is 25.6. The van der Waals surface area contributed by atoms with Gasteiger partial charge >= 0.3 is 35.6 Å². The molecule has 782 valence electrons. The molecular weight excluding hydrogens is 2110 g/mol. The number of aromatic amines is 1. The summed E-state index contributed by atoms with van der Waals surface area (Å²) >= 11 is 56.7. The minimum atomic E-state index is -3.71. The molecule has 16 rings (SSSR count). The Hall–Kier alpha value is -6.75. The number of nitrogens with zero attached hydrogens (tertiary/aromatic N) is 22. The van der Waals surface area contributed by atoms with Crippen molar-refractivity contribution in [2.45, 2.75) is 300 Å². The van der Waals surface area contributed by atoms with E-state index in [4.69, 9.17) is 85.4 Å². The van der Waals surface area contributed by atoms with E-state index in [2.05, 4.69) is 142 Å². The summed E-state index contributed by atoms with van der Waals surface area (Å²) in [5.74, 6) is 0.451. The maximum atomic E-state index is 12.5. The molecule has 60 heteroatoms. The van der Waals surface area contributed by atoms with Crippen LogP contribution in [0.25, 0.3) is 0 Å². The lowest BCUT2D eigenvalue weighted by Crippen LogP contribution is -2.16. The van der Waals surface area contributed by atoms with Crippen molar-refractivity contribution in [2.24, 2.45) is 0 Å². The summed E-state index contributed by atoms with van der Waals surface area (Å²) in [6.45, 7) is 17.5. The summed E-state index contributed by atoms with van der Waals surface area (Å²) in [5.41, 5.74) is 5.94. The van der Waals surface area contributed by atoms with Crippen molar-refractivity contribution < 1.29 is 59.9 Å². The number of hydrogen-bond donors (Lipinski definition) is 11. The molecule has 6 N–H and O–H groups in total. The number of halogens is 6. The minimum Gasteiger partial charge on any atom is -0.427 e. The molecule has 7 fully saturated rings. The first-order chi connectivity index (χ1) is 61.1. The number of nitrogens with one attached hydrogen (secondary N) is 2. The number of H-pyrrole nitrogens is 1. The van der Waals surface area contributed by atoms with Crippen molar-refractivity contribution >= 4 is 239 Å². The molecule has 0 aromatic carbocycles. The second-order valence-electron chi connectivity index (χ2n) is 28.9. The Kier molecular flexibility index (Phi) is 70.4. The number of anilines is 3. The highest BCUT2D eigenvalue weighted by atomic mass is 35.5. The van der Waals surface area contributed by atoms with Crippen LogP contribution < -0.4 is 11.1 Å². The fourth-order valence-corrected chi connectivity index (χ4v) is 14.0. The number of hydrogen-bond acceptors (Lipinski definition) is 38. The van der Waals surface area contributed by atoms with Crippen LogP contribution >= 0.6 is 157 Å². The Morgan fingerprint density at radius 3 is 1.13 bits per heavy atom. The smallest absolute Gasteiger partial charge is 0.427 e. The van der Waals surface area contributed by atoms with E-state index in [-0.39, 0.29) is 145 Å². The van der Waals surface area contributed by atoms with Crippen LogP contribution in [-0.4, -0.2) is 213 Å². The van der Waals surface area contributed by atoms with Crippen LogP contribution in [0.5, 0.6) is 0 Å². The van der Waals surface area contributed by atoms with Gasteiger partial charge in [0.25, 0.3) is 5.03 Å². The SMILES string of the molecule is C.C.C.C.C.C.C.CC(C)S.CC(C)S(=O)(=O)c1nn(C2CC2)cc1N.CC(C)S(=O)(=O)c1nn(C2CC2)cc1Nc1nc(Cl)ncc1Cl.CC(C)S(=O)(=O)c1nn(C2CC2)cc1[N+](=O)[O-].CC(C)Sc1nn(C2CC2)cc1[N+](=O)[O-].CS.CS.CS.CS.CS.Clc1ncc(Cl)c(Cl)n1.O=[N+]([O-])c1cn(C2CC2)nc1Cl.O=[N+]([O-])c1cn[nH]c1.O=[N+]([O-])c1cnn(C2CC2)c1.OB(O)C1CC1. The molecule has 0 saturated heterocycles. The van der Waals surface area contributed by atoms with Gasteiger partial charge < -0.3 is 21.1 Å². The van der Waals surface area contributed by atoms with Crippen LogP contribution in [0, 0.1) is 50.6 Å². The van der Waals surface area contributed by atoms with E-state index < -0.39 is 82.8 Å². The van der Waals surface area contributed by atoms with Crippen molar-refractivity contribution in [1.82, 2.24) is 88.8 Å². The fourth-order valence-electron chi connectivity index (χ4n) is 9.14. The van der Waals surface area contributed by atoms with Crippen LogP contribution in [-0.2, 0) is 29.5 Å². The number of nitrogens with two attached hydrogens (primary N) is 1. The van der Waals surface area contributed by atoms with Crippen LogP contribution in [0.4, 0.5) is 45.6 Å². The summed E-state index contributed by atoms with van der Waals surface area (Å²) < 4.78 is 82.4. The number of aromatic nitrogens is 18. The third kappa shape index (κ3) is 48.3. The van der Waals surface area contributed by atoms with Crippen LogP contribution in [0.1, 0.15) is 247 Å². The summed E-state index contributed by atoms with van der Waals surface area (Å²) in [5, 5.41) is 101. The average Bonchev–Trinajstić information content (AvgIpc) is 2.07. The highest BCUT2D eigenvalue weighted by Crippen LogP contribution is 2.43. The molecule has 7 aliphatic rings. The molecule has 9 aromatic rings. The van der Waals surface area contributed by atoms with Gasteiger partial charge in [-0.15, -0.1) is 0 Å². The molecule has 7 saturated carbocycles. The highest BCUT2D eigenvalue weighted by Gasteiger charge is 2.39. The second kappa shape index (κ2) is 68.4. The van der Waals surface area contributed by atoms with Crippen LogP contribution in [0.15, 0.2) is 88.3 Å². The van der Waals surface area contributed by atoms with E-state index in [1.165, 1.54) is 73.7 Å². The Bertz CT molecular complexity index is 5390. The van der Waals surface area contributed by atoms with Gasteiger partial charge in [-0.05, 0) is 184 Å². The van der Waals surface area contributed by atoms with Crippen molar-refractivity contribution in [3.8, 4) is 0 Å². The van der Waals surface area contributed by atoms with Crippen molar-refractivity contribution in [1.29, 1.82) is 0 Å². The molecule has 0 atom stereocenters. The Balaban J connectivity index is -0.000000350. The molecule has 0 spiro atoms. The Morgan fingerprint density at radius 2 is 0.796 bits per heavy atom. The average molecular weight is 2240 g/mol. The molecule has 0 aliphatic heterocycles. The van der Waals surface area contributed by atoms with Gasteiger partial charge in [0, 0.05) is 11.4 Å². The van der Waals surface area contributed by atoms with Crippen molar-refractivity contribution in [3.63, 3.8) is 0 Å². The van der Waals surface area contributed by atoms with E-state index in [0.29, 0.717) is 50.4 Å². The first-order valence-corrected chi connectivity index (χ1v) is 52.0. The van der Waals surface area contributed by atoms with Gasteiger partial charge in [0.15, 0.2) is 21.0 Å². The van der Waals surface area contributed by atoms with Crippen molar-refractivity contribution in [2.75, 3.05) is 42.3 Å². The van der Waals surface area contributed by atoms with Gasteiger partial charge in [-0.2, -0.15) is 116 Å². The molecule has 43 nitrogen and oxygen atoms in total. The minimum absolute atomic E-state index is 0. The summed E-state index contributed by atoms with van der Waals surface area (Å²) in [7, 11) is -11.6. The van der Waals surface area contributed by atoms with Gasteiger partial charge in [0.2, 0.25) is 50.3 Å². The summed E-state index contributed by atoms with van der Waals surface area (Å²) in [6, 6.07) is 1.86. The monoisotopic (exact) mass is 2240 g/mol. The van der Waals surface area contributed by atoms with E-state index >= 15 is 0 Å². The molecule has 0 bridgehead atoms. The first kappa shape index (κ1) is 141. The normalized spacial score (nSPS) is 13.6. The largest absolute Gasteiger partial charge is 0.454 e. The van der Waals surface area contributed by atoms with Gasteiger partial charge in [-0.1, -0.05) is 151 Å². The quantitative estimate of drug-likeness (QED) is 0.00571. The highest BCUT2D eigenvalue weighted by molar-refractivity contribution is 8.00. The number of sulfone groups is 3. The zero-order valence-corrected chi connectivity index (χ0v) is 86.4. The molecule has 0 amide bonds. The van der Waals surface area contributed by atoms with E-state index in [1.807, 2.05) is 27.7 Å². The molecule has 137 heavy (non-hydrogen) atoms. The first-order valence-electron chi connectivity index (χ1n) is 39.2. The zero-order valence-electron chi connectivity index (χ0n) is 73.2. The van der Waals surface area contributed by atoms with Gasteiger partial charge in [-0.3, -0.25) is 83.8 Å². The Labute approximate surface area is 872 Å². The maximum Gasteiger partial charge on any atom is 0.454 e. The number of nitrogen functional groups attached to an aromatic ring is 1. The van der Waals surface area contributed by atoms with Gasteiger partial charge in [0.05, 0.1) is 118 Å².